The molecule has 0 saturated carbocycles. The molecule has 0 fully saturated rings. The highest BCUT2D eigenvalue weighted by molar-refractivity contribution is 7.11. The number of rotatable bonds is 10. The average Bonchev–Trinajstić information content (AvgIpc) is 3.26. The van der Waals surface area contributed by atoms with Crippen molar-refractivity contribution in [2.75, 3.05) is 18.4 Å². The van der Waals surface area contributed by atoms with Crippen LogP contribution in [-0.4, -0.2) is 34.8 Å². The van der Waals surface area contributed by atoms with E-state index in [0.717, 1.165) is 23.3 Å². The fraction of sp³-hybridized carbons (Fsp3) is 0.296. The summed E-state index contributed by atoms with van der Waals surface area (Å²) < 4.78 is 0. The van der Waals surface area contributed by atoms with Gasteiger partial charge in [0.05, 0.1) is 18.2 Å². The second-order valence-electron chi connectivity index (χ2n) is 8.15. The van der Waals surface area contributed by atoms with Crippen molar-refractivity contribution >= 4 is 29.0 Å². The van der Waals surface area contributed by atoms with Crippen molar-refractivity contribution < 1.29 is 9.59 Å². The first-order valence-electron chi connectivity index (χ1n) is 11.4. The van der Waals surface area contributed by atoms with Crippen LogP contribution in [0.2, 0.25) is 0 Å². The Morgan fingerprint density at radius 1 is 1.00 bits per heavy atom. The van der Waals surface area contributed by atoms with Crippen LogP contribution in [-0.2, 0) is 17.9 Å². The van der Waals surface area contributed by atoms with Gasteiger partial charge < -0.3 is 15.1 Å². The van der Waals surface area contributed by atoms with Gasteiger partial charge in [0.2, 0.25) is 5.91 Å². The van der Waals surface area contributed by atoms with Gasteiger partial charge in [-0.2, -0.15) is 5.26 Å². The molecular weight excluding hydrogens is 444 g/mol. The van der Waals surface area contributed by atoms with Gasteiger partial charge in [-0.25, -0.2) is 4.79 Å². The Labute approximate surface area is 205 Å². The first kappa shape index (κ1) is 25.0. The molecule has 3 aromatic rings. The molecule has 176 valence electrons. The highest BCUT2D eigenvalue weighted by Gasteiger charge is 2.22. The van der Waals surface area contributed by atoms with Crippen molar-refractivity contribution in [2.45, 2.75) is 39.8 Å². The molecule has 3 amide bonds. The summed E-state index contributed by atoms with van der Waals surface area (Å²) in [5.74, 6) is -0.105. The van der Waals surface area contributed by atoms with Gasteiger partial charge in [0.15, 0.2) is 0 Å². The lowest BCUT2D eigenvalue weighted by atomic mass is 10.2. The number of anilines is 1. The zero-order valence-electron chi connectivity index (χ0n) is 19.7. The largest absolute Gasteiger partial charge is 0.332 e. The summed E-state index contributed by atoms with van der Waals surface area (Å²) >= 11 is 1.68. The molecule has 1 heterocycles. The zero-order chi connectivity index (χ0) is 24.3. The molecular formula is C27H30N4O2S. The number of carbonyl (C=O) groups is 2. The van der Waals surface area contributed by atoms with Crippen LogP contribution in [0.4, 0.5) is 10.5 Å². The lowest BCUT2D eigenvalue weighted by molar-refractivity contribution is -0.133. The van der Waals surface area contributed by atoms with Gasteiger partial charge in [-0.05, 0) is 49.2 Å². The lowest BCUT2D eigenvalue weighted by Gasteiger charge is -2.28. The number of nitrogens with one attached hydrogen (secondary N) is 1. The smallest absolute Gasteiger partial charge is 0.322 e. The summed E-state index contributed by atoms with van der Waals surface area (Å²) in [5.41, 5.74) is 2.05. The number of amides is 3. The fourth-order valence-electron chi connectivity index (χ4n) is 3.53. The van der Waals surface area contributed by atoms with E-state index in [0.29, 0.717) is 30.9 Å². The molecule has 0 unspecified atom stereocenters. The quantitative estimate of drug-likeness (QED) is 0.404. The van der Waals surface area contributed by atoms with Crippen molar-refractivity contribution in [1.29, 1.82) is 5.26 Å². The van der Waals surface area contributed by atoms with E-state index >= 15 is 0 Å². The number of hydrogen-bond acceptors (Lipinski definition) is 4. The van der Waals surface area contributed by atoms with Crippen LogP contribution >= 0.6 is 11.3 Å². The topological polar surface area (TPSA) is 76.4 Å². The Hall–Kier alpha value is -3.63. The molecule has 1 N–H and O–H groups in total. The summed E-state index contributed by atoms with van der Waals surface area (Å²) in [5, 5.41) is 12.0. The van der Waals surface area contributed by atoms with E-state index < -0.39 is 0 Å². The first-order chi connectivity index (χ1) is 16.5. The van der Waals surface area contributed by atoms with E-state index in [1.165, 1.54) is 4.88 Å². The number of urea groups is 1. The predicted molar refractivity (Wildman–Crippen MR) is 136 cm³/mol. The third kappa shape index (κ3) is 7.46. The van der Waals surface area contributed by atoms with Crippen LogP contribution in [0.3, 0.4) is 0 Å². The van der Waals surface area contributed by atoms with E-state index in [2.05, 4.69) is 37.4 Å². The van der Waals surface area contributed by atoms with Gasteiger partial charge in [-0.3, -0.25) is 4.79 Å². The van der Waals surface area contributed by atoms with E-state index in [-0.39, 0.29) is 18.5 Å². The monoisotopic (exact) mass is 474 g/mol. The molecule has 34 heavy (non-hydrogen) atoms. The number of carbonyl (C=O) groups excluding carboxylic acids is 2. The van der Waals surface area contributed by atoms with Crippen molar-refractivity contribution in [3.8, 4) is 6.07 Å². The molecule has 0 bridgehead atoms. The minimum absolute atomic E-state index is 0.0129. The van der Waals surface area contributed by atoms with Crippen LogP contribution in [0.5, 0.6) is 0 Å². The third-order valence-electron chi connectivity index (χ3n) is 5.35. The highest BCUT2D eigenvalue weighted by Crippen LogP contribution is 2.19. The van der Waals surface area contributed by atoms with Gasteiger partial charge in [0.25, 0.3) is 0 Å². The van der Waals surface area contributed by atoms with E-state index in [9.17, 15) is 9.59 Å². The van der Waals surface area contributed by atoms with Crippen LogP contribution in [0.1, 0.15) is 40.6 Å². The summed E-state index contributed by atoms with van der Waals surface area (Å²) in [4.78, 5) is 32.2. The van der Waals surface area contributed by atoms with E-state index in [1.807, 2.05) is 35.2 Å². The van der Waals surface area contributed by atoms with Gasteiger partial charge in [0.1, 0.15) is 6.54 Å². The van der Waals surface area contributed by atoms with Gasteiger partial charge in [-0.15, -0.1) is 11.3 Å². The SMILES string of the molecule is CCCCN(CC(=O)N(Cc1ccccc1)Cc1ccc(C)s1)C(=O)Nc1cccc(C#N)c1. The highest BCUT2D eigenvalue weighted by atomic mass is 32.1. The summed E-state index contributed by atoms with van der Waals surface area (Å²) in [6, 6.07) is 22.5. The molecule has 3 rings (SSSR count). The van der Waals surface area contributed by atoms with Gasteiger partial charge in [0, 0.05) is 28.5 Å². The number of aryl methyl sites for hydroxylation is 1. The molecule has 7 heteroatoms. The van der Waals surface area contributed by atoms with Gasteiger partial charge in [-0.1, -0.05) is 49.7 Å². The summed E-state index contributed by atoms with van der Waals surface area (Å²) in [6.45, 7) is 5.54. The van der Waals surface area contributed by atoms with E-state index in [1.54, 1.807) is 40.5 Å². The molecule has 2 aromatic carbocycles. The van der Waals surface area contributed by atoms with Crippen LogP contribution in [0.25, 0.3) is 0 Å². The number of benzene rings is 2. The molecule has 0 aliphatic heterocycles. The summed E-state index contributed by atoms with van der Waals surface area (Å²) in [6.07, 6.45) is 1.70. The molecule has 0 aliphatic rings. The lowest BCUT2D eigenvalue weighted by Crippen LogP contribution is -2.44. The Bertz CT molecular complexity index is 1140. The molecule has 0 radical (unpaired) electrons. The number of thiophene rings is 1. The molecule has 6 nitrogen and oxygen atoms in total. The average molecular weight is 475 g/mol. The third-order valence-corrected chi connectivity index (χ3v) is 6.33. The predicted octanol–water partition coefficient (Wildman–Crippen LogP) is 5.79. The van der Waals surface area contributed by atoms with Crippen LogP contribution in [0, 0.1) is 18.3 Å². The first-order valence-corrected chi connectivity index (χ1v) is 12.2. The maximum atomic E-state index is 13.5. The standard InChI is InChI=1S/C27H30N4O2S/c1-3-4-15-30(27(33)29-24-12-8-11-23(16-24)17-28)20-26(32)31(18-22-9-6-5-7-10-22)19-25-14-13-21(2)34-25/h5-14,16H,3-4,15,18-20H2,1-2H3,(H,29,33). The number of nitriles is 1. The van der Waals surface area contributed by atoms with Crippen molar-refractivity contribution in [1.82, 2.24) is 9.80 Å². The molecule has 1 aromatic heterocycles. The molecule has 0 spiro atoms. The Morgan fingerprint density at radius 3 is 2.47 bits per heavy atom. The van der Waals surface area contributed by atoms with Crippen LogP contribution in [0.15, 0.2) is 66.7 Å². The van der Waals surface area contributed by atoms with Crippen molar-refractivity contribution in [3.63, 3.8) is 0 Å². The Balaban J connectivity index is 1.76. The van der Waals surface area contributed by atoms with Crippen molar-refractivity contribution in [2.24, 2.45) is 0 Å². The van der Waals surface area contributed by atoms with E-state index in [4.69, 9.17) is 5.26 Å². The molecule has 0 atom stereocenters. The Morgan fingerprint density at radius 2 is 1.79 bits per heavy atom. The minimum Gasteiger partial charge on any atom is -0.332 e. The Kier molecular flexibility index (Phi) is 9.24. The van der Waals surface area contributed by atoms with Crippen LogP contribution < -0.4 is 5.32 Å². The maximum absolute atomic E-state index is 13.5. The second-order valence-corrected chi connectivity index (χ2v) is 9.52. The molecule has 0 saturated heterocycles. The maximum Gasteiger partial charge on any atom is 0.322 e. The van der Waals surface area contributed by atoms with Crippen molar-refractivity contribution in [3.05, 3.63) is 87.6 Å². The summed E-state index contributed by atoms with van der Waals surface area (Å²) in [7, 11) is 0. The molecule has 0 aliphatic carbocycles. The number of unbranched alkanes of at least 4 members (excludes halogenated alkanes) is 1. The number of hydrogen-bond donors (Lipinski definition) is 1. The number of nitrogens with zero attached hydrogens (tertiary/aromatic N) is 3. The normalized spacial score (nSPS) is 10.4. The fourth-order valence-corrected chi connectivity index (χ4v) is 4.43. The minimum atomic E-state index is -0.344. The van der Waals surface area contributed by atoms with Gasteiger partial charge >= 0.3 is 6.03 Å². The zero-order valence-corrected chi connectivity index (χ0v) is 20.5. The second kappa shape index (κ2) is 12.6.